The third-order valence-electron chi connectivity index (χ3n) is 5.20. The van der Waals surface area contributed by atoms with Gasteiger partial charge in [0.2, 0.25) is 0 Å². The van der Waals surface area contributed by atoms with Gasteiger partial charge in [0, 0.05) is 31.4 Å². The van der Waals surface area contributed by atoms with Crippen molar-refractivity contribution in [2.45, 2.75) is 19.6 Å². The number of hydrogen-bond acceptors (Lipinski definition) is 4. The number of fused-ring (bicyclic) bond motifs is 2. The second kappa shape index (κ2) is 6.81. The minimum Gasteiger partial charge on any atom is -0.375 e. The average Bonchev–Trinajstić information content (AvgIpc) is 3.27. The van der Waals surface area contributed by atoms with Crippen LogP contribution >= 0.6 is 0 Å². The minimum absolute atomic E-state index is 0.129. The van der Waals surface area contributed by atoms with Crippen molar-refractivity contribution < 1.29 is 9.53 Å². The lowest BCUT2D eigenvalue weighted by Gasteiger charge is -2.15. The summed E-state index contributed by atoms with van der Waals surface area (Å²) in [6.45, 7) is 2.84. The lowest BCUT2D eigenvalue weighted by molar-refractivity contribution is 0.0820. The molecule has 0 fully saturated rings. The van der Waals surface area contributed by atoms with Gasteiger partial charge in [0.15, 0.2) is 0 Å². The molecule has 1 amide bonds. The second-order valence-electron chi connectivity index (χ2n) is 7.28. The Morgan fingerprint density at radius 2 is 2.24 bits per heavy atom. The van der Waals surface area contributed by atoms with E-state index in [1.807, 2.05) is 32.3 Å². The summed E-state index contributed by atoms with van der Waals surface area (Å²) in [6, 6.07) is 8.25. The number of nitrogens with zero attached hydrogens (tertiary/aromatic N) is 3. The number of ether oxygens (including phenoxy) is 1. The Morgan fingerprint density at radius 1 is 1.34 bits per heavy atom. The van der Waals surface area contributed by atoms with E-state index in [0.29, 0.717) is 24.5 Å². The van der Waals surface area contributed by atoms with Crippen LogP contribution in [-0.4, -0.2) is 40.0 Å². The molecule has 1 aromatic carbocycles. The van der Waals surface area contributed by atoms with E-state index in [-0.39, 0.29) is 11.9 Å². The maximum Gasteiger partial charge on any atom is 0.255 e. The summed E-state index contributed by atoms with van der Waals surface area (Å²) in [7, 11) is 1.84. The number of rotatable bonds is 1. The molecule has 29 heavy (non-hydrogen) atoms. The quantitative estimate of drug-likeness (QED) is 0.630. The number of carbonyl (C=O) groups is 1. The highest BCUT2D eigenvalue weighted by Gasteiger charge is 2.21. The molecule has 7 heteroatoms. The van der Waals surface area contributed by atoms with Crippen molar-refractivity contribution in [1.29, 1.82) is 0 Å². The molecular formula is C22H21N5O2. The lowest BCUT2D eigenvalue weighted by Crippen LogP contribution is -2.36. The van der Waals surface area contributed by atoms with Crippen LogP contribution in [0.1, 0.15) is 28.5 Å². The lowest BCUT2D eigenvalue weighted by atomic mass is 10.2. The summed E-state index contributed by atoms with van der Waals surface area (Å²) in [5.41, 5.74) is 7.53. The van der Waals surface area contributed by atoms with E-state index >= 15 is 0 Å². The summed E-state index contributed by atoms with van der Waals surface area (Å²) in [5.74, 6) is 0.579. The van der Waals surface area contributed by atoms with E-state index in [9.17, 15) is 4.79 Å². The standard InChI is InChI=1S/C22H21N5O2/c1-14-12-29-13-15-3-4-16-7-8-26(20(16)9-15)17-5-6-19-18(22(28)25-14)11-24-27(19)21(10-17)23-2/h3-4,6-11,14,23H,12-13H2,1-2H3,(H,25,28)/t14-/m1/s1. The zero-order valence-electron chi connectivity index (χ0n) is 16.3. The van der Waals surface area contributed by atoms with Crippen LogP contribution in [0.5, 0.6) is 0 Å². The van der Waals surface area contributed by atoms with Gasteiger partial charge in [-0.1, -0.05) is 17.9 Å². The second-order valence-corrected chi connectivity index (χ2v) is 7.28. The van der Waals surface area contributed by atoms with Crippen molar-refractivity contribution in [3.8, 4) is 0 Å². The summed E-state index contributed by atoms with van der Waals surface area (Å²) in [6.07, 6.45) is 7.39. The minimum atomic E-state index is -0.182. The van der Waals surface area contributed by atoms with Crippen molar-refractivity contribution in [2.24, 2.45) is 0 Å². The molecule has 2 N–H and O–H groups in total. The monoisotopic (exact) mass is 387 g/mol. The fourth-order valence-electron chi connectivity index (χ4n) is 3.73. The highest BCUT2D eigenvalue weighted by atomic mass is 16.5. The van der Waals surface area contributed by atoms with E-state index in [4.69, 9.17) is 4.74 Å². The van der Waals surface area contributed by atoms with Crippen molar-refractivity contribution in [1.82, 2.24) is 25.0 Å². The van der Waals surface area contributed by atoms with Crippen molar-refractivity contribution >= 4 is 34.4 Å². The van der Waals surface area contributed by atoms with Crippen LogP contribution in [0.2, 0.25) is 0 Å². The molecule has 0 spiro atoms. The first-order chi connectivity index (χ1) is 14.1. The predicted octanol–water partition coefficient (Wildman–Crippen LogP) is 2.67. The van der Waals surface area contributed by atoms with Gasteiger partial charge in [-0.25, -0.2) is 4.68 Å². The van der Waals surface area contributed by atoms with Crippen LogP contribution < -0.4 is 10.6 Å². The third kappa shape index (κ3) is 2.97. The third-order valence-corrected chi connectivity index (χ3v) is 5.20. The Kier molecular flexibility index (Phi) is 4.12. The van der Waals surface area contributed by atoms with E-state index in [2.05, 4.69) is 50.3 Å². The average molecular weight is 387 g/mol. The molecule has 0 unspecified atom stereocenters. The smallest absolute Gasteiger partial charge is 0.255 e. The molecule has 0 saturated heterocycles. The van der Waals surface area contributed by atoms with Gasteiger partial charge in [0.05, 0.1) is 41.9 Å². The molecule has 2 aliphatic heterocycles. The number of hydrogen-bond donors (Lipinski definition) is 2. The van der Waals surface area contributed by atoms with Crippen molar-refractivity contribution in [2.75, 3.05) is 13.7 Å². The van der Waals surface area contributed by atoms with Gasteiger partial charge >= 0.3 is 0 Å². The number of nitrogens with one attached hydrogen (secondary N) is 2. The predicted molar refractivity (Wildman–Crippen MR) is 112 cm³/mol. The molecule has 4 heterocycles. The van der Waals surface area contributed by atoms with Crippen LogP contribution in [0.3, 0.4) is 0 Å². The zero-order valence-corrected chi connectivity index (χ0v) is 16.3. The number of amides is 1. The number of aromatic nitrogens is 3. The Morgan fingerprint density at radius 3 is 3.10 bits per heavy atom. The van der Waals surface area contributed by atoms with E-state index in [1.165, 1.54) is 0 Å². The first-order valence-corrected chi connectivity index (χ1v) is 9.57. The van der Waals surface area contributed by atoms with Crippen LogP contribution in [0.15, 0.2) is 48.5 Å². The van der Waals surface area contributed by atoms with Crippen molar-refractivity contribution in [3.63, 3.8) is 0 Å². The maximum absolute atomic E-state index is 12.8. The fraction of sp³-hybridized carbons (Fsp3) is 0.227. The molecule has 3 aromatic rings. The first-order valence-electron chi connectivity index (χ1n) is 9.57. The summed E-state index contributed by atoms with van der Waals surface area (Å²) < 4.78 is 9.65. The molecule has 2 aliphatic rings. The fourth-order valence-corrected chi connectivity index (χ4v) is 3.73. The van der Waals surface area contributed by atoms with Gasteiger partial charge in [0.1, 0.15) is 5.82 Å². The van der Waals surface area contributed by atoms with Crippen molar-refractivity contribution in [3.05, 3.63) is 65.3 Å². The largest absolute Gasteiger partial charge is 0.375 e. The SMILES string of the molecule is CNC1=CC2=C=Cc3c(cnn31)C(=O)N[C@H](C)COCc1ccc3ccn2c3c1. The number of allylic oxidation sites excluding steroid dienone is 2. The Balaban J connectivity index is 1.76. The Hall–Kier alpha value is -3.54. The normalized spacial score (nSPS) is 18.7. The van der Waals surface area contributed by atoms with Gasteiger partial charge < -0.3 is 19.9 Å². The molecule has 0 saturated carbocycles. The van der Waals surface area contributed by atoms with Crippen LogP contribution in [0, 0.1) is 0 Å². The number of carbonyl (C=O) groups excluding carboxylic acids is 1. The van der Waals surface area contributed by atoms with E-state index < -0.39 is 0 Å². The summed E-state index contributed by atoms with van der Waals surface area (Å²) in [4.78, 5) is 12.8. The molecule has 0 aliphatic carbocycles. The molecule has 7 nitrogen and oxygen atoms in total. The molecular weight excluding hydrogens is 366 g/mol. The number of benzene rings is 1. The maximum atomic E-state index is 12.8. The Bertz CT molecular complexity index is 1220. The molecule has 4 bridgehead atoms. The summed E-state index contributed by atoms with van der Waals surface area (Å²) in [5, 5.41) is 11.7. The van der Waals surface area contributed by atoms with Crippen LogP contribution in [-0.2, 0) is 11.3 Å². The van der Waals surface area contributed by atoms with E-state index in [1.54, 1.807) is 10.9 Å². The molecule has 2 aromatic heterocycles. The van der Waals surface area contributed by atoms with Gasteiger partial charge in [-0.2, -0.15) is 5.10 Å². The molecule has 0 radical (unpaired) electrons. The van der Waals surface area contributed by atoms with Gasteiger partial charge in [-0.3, -0.25) is 4.79 Å². The highest BCUT2D eigenvalue weighted by molar-refractivity contribution is 5.98. The highest BCUT2D eigenvalue weighted by Crippen LogP contribution is 2.26. The van der Waals surface area contributed by atoms with Gasteiger partial charge in [-0.15, -0.1) is 0 Å². The summed E-state index contributed by atoms with van der Waals surface area (Å²) >= 11 is 0. The molecule has 1 atom stereocenters. The van der Waals surface area contributed by atoms with Gasteiger partial charge in [-0.05, 0) is 30.0 Å². The Labute approximate surface area is 168 Å². The van der Waals surface area contributed by atoms with E-state index in [0.717, 1.165) is 28.0 Å². The van der Waals surface area contributed by atoms with Crippen LogP contribution in [0.25, 0.3) is 28.5 Å². The van der Waals surface area contributed by atoms with Gasteiger partial charge in [0.25, 0.3) is 5.91 Å². The molecule has 146 valence electrons. The molecule has 5 rings (SSSR count). The zero-order chi connectivity index (χ0) is 20.0. The van der Waals surface area contributed by atoms with Crippen LogP contribution in [0.4, 0.5) is 0 Å². The first kappa shape index (κ1) is 17.6. The topological polar surface area (TPSA) is 73.1 Å².